The minimum absolute atomic E-state index is 0.150. The van der Waals surface area contributed by atoms with Crippen molar-refractivity contribution in [2.24, 2.45) is 0 Å². The van der Waals surface area contributed by atoms with Crippen molar-refractivity contribution in [1.29, 1.82) is 0 Å². The van der Waals surface area contributed by atoms with E-state index in [9.17, 15) is 14.0 Å². The maximum absolute atomic E-state index is 13.1. The minimum Gasteiger partial charge on any atom is -0.293 e. The van der Waals surface area contributed by atoms with Crippen molar-refractivity contribution < 1.29 is 9.18 Å². The molecule has 132 valence electrons. The highest BCUT2D eigenvalue weighted by atomic mass is 32.2. The normalized spacial score (nSPS) is 12.1. The first kappa shape index (κ1) is 18.1. The molecule has 0 fully saturated rings. The lowest BCUT2D eigenvalue weighted by Crippen LogP contribution is -2.24. The zero-order valence-corrected chi connectivity index (χ0v) is 15.0. The number of fused-ring (bicyclic) bond motifs is 1. The van der Waals surface area contributed by atoms with Crippen LogP contribution in [0.1, 0.15) is 17.3 Å². The molecule has 1 aromatic heterocycles. The predicted octanol–water partition coefficient (Wildman–Crippen LogP) is 4.09. The first-order valence-corrected chi connectivity index (χ1v) is 8.96. The molecule has 0 spiro atoms. The maximum Gasteiger partial charge on any atom is 0.262 e. The van der Waals surface area contributed by atoms with Crippen LogP contribution in [0.2, 0.25) is 0 Å². The lowest BCUT2D eigenvalue weighted by molar-refractivity contribution is 0.0994. The molecule has 3 aromatic rings. The number of nitrogens with zero attached hydrogens (tertiary/aromatic N) is 2. The molecule has 3 rings (SSSR count). The molecule has 1 heterocycles. The summed E-state index contributed by atoms with van der Waals surface area (Å²) >= 11 is 1.21. The van der Waals surface area contributed by atoms with Crippen molar-refractivity contribution in [3.05, 3.63) is 82.9 Å². The summed E-state index contributed by atoms with van der Waals surface area (Å²) < 4.78 is 14.6. The number of para-hydroxylation sites is 1. The Morgan fingerprint density at radius 2 is 1.96 bits per heavy atom. The van der Waals surface area contributed by atoms with Crippen LogP contribution >= 0.6 is 11.8 Å². The van der Waals surface area contributed by atoms with Crippen LogP contribution in [0.4, 0.5) is 4.39 Å². The number of carbonyl (C=O) groups is 1. The third kappa shape index (κ3) is 3.60. The number of benzene rings is 2. The van der Waals surface area contributed by atoms with Gasteiger partial charge in [0.05, 0.1) is 16.2 Å². The monoisotopic (exact) mass is 368 g/mol. The van der Waals surface area contributed by atoms with Gasteiger partial charge in [-0.25, -0.2) is 9.37 Å². The fraction of sp³-hybridized carbons (Fsp3) is 0.150. The van der Waals surface area contributed by atoms with E-state index in [-0.39, 0.29) is 11.3 Å². The van der Waals surface area contributed by atoms with Gasteiger partial charge in [0.15, 0.2) is 10.9 Å². The number of rotatable bonds is 6. The standard InChI is InChI=1S/C20H17FN2O2S/c1-3-12-23-19(25)16-6-4-5-7-17(16)22-20(23)26-13(2)18(24)14-8-10-15(21)11-9-14/h3-11,13H,1,12H2,2H3/t13-/m1/s1. The molecule has 1 atom stereocenters. The van der Waals surface area contributed by atoms with Crippen LogP contribution < -0.4 is 5.56 Å². The SMILES string of the molecule is C=CCn1c(S[C@H](C)C(=O)c2ccc(F)cc2)nc2ccccc2c1=O. The summed E-state index contributed by atoms with van der Waals surface area (Å²) in [5, 5.41) is 0.498. The van der Waals surface area contributed by atoms with E-state index in [2.05, 4.69) is 11.6 Å². The Balaban J connectivity index is 1.97. The average Bonchev–Trinajstić information content (AvgIpc) is 2.65. The molecule has 0 radical (unpaired) electrons. The molecule has 0 saturated heterocycles. The van der Waals surface area contributed by atoms with Gasteiger partial charge in [0, 0.05) is 12.1 Å². The Hall–Kier alpha value is -2.73. The van der Waals surface area contributed by atoms with Gasteiger partial charge in [-0.05, 0) is 43.3 Å². The Bertz CT molecular complexity index is 1030. The number of hydrogen-bond donors (Lipinski definition) is 0. The fourth-order valence-corrected chi connectivity index (χ4v) is 3.58. The van der Waals surface area contributed by atoms with Crippen molar-refractivity contribution >= 4 is 28.4 Å². The zero-order valence-electron chi connectivity index (χ0n) is 14.2. The third-order valence-corrected chi connectivity index (χ3v) is 5.01. The smallest absolute Gasteiger partial charge is 0.262 e. The maximum atomic E-state index is 13.1. The quantitative estimate of drug-likeness (QED) is 0.285. The predicted molar refractivity (Wildman–Crippen MR) is 102 cm³/mol. The van der Waals surface area contributed by atoms with E-state index in [1.165, 1.54) is 40.6 Å². The Kier molecular flexibility index (Phi) is 5.32. The highest BCUT2D eigenvalue weighted by Gasteiger charge is 2.20. The Labute approximate surface area is 154 Å². The minimum atomic E-state index is -0.482. The van der Waals surface area contributed by atoms with Gasteiger partial charge in [0.25, 0.3) is 5.56 Å². The summed E-state index contributed by atoms with van der Waals surface area (Å²) in [6, 6.07) is 12.5. The van der Waals surface area contributed by atoms with Crippen molar-refractivity contribution in [2.75, 3.05) is 0 Å². The molecule has 0 N–H and O–H groups in total. The number of halogens is 1. The van der Waals surface area contributed by atoms with Crippen molar-refractivity contribution in [3.8, 4) is 0 Å². The largest absolute Gasteiger partial charge is 0.293 e. The number of ketones is 1. The van der Waals surface area contributed by atoms with Gasteiger partial charge in [-0.2, -0.15) is 0 Å². The lowest BCUT2D eigenvalue weighted by Gasteiger charge is -2.15. The zero-order chi connectivity index (χ0) is 18.7. The topological polar surface area (TPSA) is 52.0 Å². The lowest BCUT2D eigenvalue weighted by atomic mass is 10.1. The van der Waals surface area contributed by atoms with Crippen molar-refractivity contribution in [3.63, 3.8) is 0 Å². The van der Waals surface area contributed by atoms with Crippen LogP contribution in [0.25, 0.3) is 10.9 Å². The van der Waals surface area contributed by atoms with E-state index in [0.29, 0.717) is 28.2 Å². The van der Waals surface area contributed by atoms with Gasteiger partial charge in [-0.1, -0.05) is 30.0 Å². The van der Waals surface area contributed by atoms with Gasteiger partial charge < -0.3 is 0 Å². The molecule has 0 unspecified atom stereocenters. The van der Waals surface area contributed by atoms with E-state index in [1.807, 2.05) is 6.07 Å². The Morgan fingerprint density at radius 1 is 1.27 bits per heavy atom. The first-order valence-electron chi connectivity index (χ1n) is 8.08. The first-order chi connectivity index (χ1) is 12.5. The molecular formula is C20H17FN2O2S. The highest BCUT2D eigenvalue weighted by Crippen LogP contribution is 2.25. The van der Waals surface area contributed by atoms with Crippen molar-refractivity contribution in [1.82, 2.24) is 9.55 Å². The van der Waals surface area contributed by atoms with Gasteiger partial charge in [0.1, 0.15) is 5.82 Å². The number of aromatic nitrogens is 2. The summed E-state index contributed by atoms with van der Waals surface area (Å²) in [5.74, 6) is -0.541. The molecule has 4 nitrogen and oxygen atoms in total. The average molecular weight is 368 g/mol. The molecule has 6 heteroatoms. The summed E-state index contributed by atoms with van der Waals surface area (Å²) in [6.07, 6.45) is 1.62. The van der Waals surface area contributed by atoms with Crippen LogP contribution in [-0.4, -0.2) is 20.6 Å². The van der Waals surface area contributed by atoms with Crippen LogP contribution in [0, 0.1) is 5.82 Å². The summed E-state index contributed by atoms with van der Waals surface area (Å²) in [7, 11) is 0. The summed E-state index contributed by atoms with van der Waals surface area (Å²) in [5.41, 5.74) is 0.839. The van der Waals surface area contributed by atoms with Crippen LogP contribution in [-0.2, 0) is 6.54 Å². The molecular weight excluding hydrogens is 351 g/mol. The van der Waals surface area contributed by atoms with Crippen LogP contribution in [0.3, 0.4) is 0 Å². The fourth-order valence-electron chi connectivity index (χ4n) is 2.59. The molecule has 0 amide bonds. The van der Waals surface area contributed by atoms with E-state index in [4.69, 9.17) is 0 Å². The van der Waals surface area contributed by atoms with Gasteiger partial charge in [0.2, 0.25) is 0 Å². The van der Waals surface area contributed by atoms with Crippen LogP contribution in [0.5, 0.6) is 0 Å². The van der Waals surface area contributed by atoms with Crippen molar-refractivity contribution in [2.45, 2.75) is 23.9 Å². The number of Topliss-reactive ketones (excluding diaryl/α,β-unsaturated/α-hetero) is 1. The van der Waals surface area contributed by atoms with E-state index in [0.717, 1.165) is 0 Å². The number of hydrogen-bond acceptors (Lipinski definition) is 4. The molecule has 0 saturated carbocycles. The third-order valence-electron chi connectivity index (χ3n) is 3.92. The second-order valence-corrected chi connectivity index (χ2v) is 7.06. The summed E-state index contributed by atoms with van der Waals surface area (Å²) in [6.45, 7) is 5.74. The number of carbonyl (C=O) groups excluding carboxylic acids is 1. The van der Waals surface area contributed by atoms with Crippen LogP contribution in [0.15, 0.2) is 71.1 Å². The van der Waals surface area contributed by atoms with Gasteiger partial charge in [-0.3, -0.25) is 14.2 Å². The molecule has 26 heavy (non-hydrogen) atoms. The molecule has 2 aromatic carbocycles. The van der Waals surface area contributed by atoms with E-state index >= 15 is 0 Å². The van der Waals surface area contributed by atoms with Gasteiger partial charge in [-0.15, -0.1) is 6.58 Å². The molecule has 0 aliphatic rings. The highest BCUT2D eigenvalue weighted by molar-refractivity contribution is 8.00. The second kappa shape index (κ2) is 7.66. The number of allylic oxidation sites excluding steroid dienone is 1. The Morgan fingerprint density at radius 3 is 2.65 bits per heavy atom. The molecule has 0 aliphatic carbocycles. The molecule has 0 bridgehead atoms. The summed E-state index contributed by atoms with van der Waals surface area (Å²) in [4.78, 5) is 29.9. The van der Waals surface area contributed by atoms with Gasteiger partial charge >= 0.3 is 0 Å². The van der Waals surface area contributed by atoms with E-state index in [1.54, 1.807) is 31.2 Å². The number of thioether (sulfide) groups is 1. The second-order valence-electron chi connectivity index (χ2n) is 5.75. The van der Waals surface area contributed by atoms with E-state index < -0.39 is 11.1 Å². The molecule has 0 aliphatic heterocycles.